The van der Waals surface area contributed by atoms with E-state index in [1.807, 2.05) is 31.2 Å². The maximum atomic E-state index is 11.6. The minimum absolute atomic E-state index is 0.0792. The Bertz CT molecular complexity index is 512. The van der Waals surface area contributed by atoms with Gasteiger partial charge >= 0.3 is 0 Å². The number of benzene rings is 1. The largest absolute Gasteiger partial charge is 0.353 e. The molecule has 1 atom stereocenters. The van der Waals surface area contributed by atoms with Crippen LogP contribution >= 0.6 is 0 Å². The predicted molar refractivity (Wildman–Crippen MR) is 82.9 cm³/mol. The molecule has 0 spiro atoms. The number of amides is 2. The van der Waals surface area contributed by atoms with Crippen molar-refractivity contribution in [3.8, 4) is 0 Å². The summed E-state index contributed by atoms with van der Waals surface area (Å²) in [5, 5.41) is 9.07. The first-order valence-corrected chi connectivity index (χ1v) is 7.45. The van der Waals surface area contributed by atoms with Gasteiger partial charge in [0.25, 0.3) is 0 Å². The molecular weight excluding hydrogens is 266 g/mol. The van der Waals surface area contributed by atoms with E-state index in [1.54, 1.807) is 0 Å². The highest BCUT2D eigenvalue weighted by molar-refractivity contribution is 5.88. The molecule has 0 saturated heterocycles. The minimum Gasteiger partial charge on any atom is -0.353 e. The van der Waals surface area contributed by atoms with E-state index in [-0.39, 0.29) is 17.9 Å². The summed E-state index contributed by atoms with van der Waals surface area (Å²) in [6, 6.07) is 8.28. The average Bonchev–Trinajstić information content (AvgIpc) is 3.22. The standard InChI is InChI=1S/C16H23N3O2/c1-11(17-9-8-16(21)19-14-6-7-14)13-4-3-5-15(10-13)18-12(2)20/h3-5,10-11,14,17H,6-9H2,1-2H3,(H,18,20)(H,19,21). The molecule has 1 aromatic rings. The van der Waals surface area contributed by atoms with Gasteiger partial charge in [0, 0.05) is 37.7 Å². The van der Waals surface area contributed by atoms with Gasteiger partial charge in [0.2, 0.25) is 11.8 Å². The zero-order valence-electron chi connectivity index (χ0n) is 12.6. The van der Waals surface area contributed by atoms with Crippen LogP contribution in [0, 0.1) is 0 Å². The molecule has 2 rings (SSSR count). The van der Waals surface area contributed by atoms with Gasteiger partial charge in [-0.2, -0.15) is 0 Å². The van der Waals surface area contributed by atoms with E-state index in [0.29, 0.717) is 19.0 Å². The second-order valence-corrected chi connectivity index (χ2v) is 5.57. The van der Waals surface area contributed by atoms with Crippen molar-refractivity contribution < 1.29 is 9.59 Å². The van der Waals surface area contributed by atoms with Gasteiger partial charge in [-0.25, -0.2) is 0 Å². The predicted octanol–water partition coefficient (Wildman–Crippen LogP) is 1.96. The van der Waals surface area contributed by atoms with Crippen LogP contribution in [0.3, 0.4) is 0 Å². The summed E-state index contributed by atoms with van der Waals surface area (Å²) in [5.41, 5.74) is 1.88. The normalized spacial score (nSPS) is 15.3. The molecule has 2 amide bonds. The molecule has 1 aromatic carbocycles. The number of anilines is 1. The van der Waals surface area contributed by atoms with Crippen molar-refractivity contribution in [1.29, 1.82) is 0 Å². The SMILES string of the molecule is CC(=O)Nc1cccc(C(C)NCCC(=O)NC2CC2)c1. The third-order valence-electron chi connectivity index (χ3n) is 3.45. The summed E-state index contributed by atoms with van der Waals surface area (Å²) in [6.07, 6.45) is 2.73. The van der Waals surface area contributed by atoms with E-state index in [9.17, 15) is 9.59 Å². The van der Waals surface area contributed by atoms with Crippen molar-refractivity contribution in [2.75, 3.05) is 11.9 Å². The van der Waals surface area contributed by atoms with Crippen LogP contribution in [0.15, 0.2) is 24.3 Å². The van der Waals surface area contributed by atoms with Crippen molar-refractivity contribution >= 4 is 17.5 Å². The Morgan fingerprint density at radius 3 is 2.76 bits per heavy atom. The van der Waals surface area contributed by atoms with Crippen LogP contribution in [-0.2, 0) is 9.59 Å². The third-order valence-corrected chi connectivity index (χ3v) is 3.45. The summed E-state index contributed by atoms with van der Waals surface area (Å²) >= 11 is 0. The Kier molecular flexibility index (Phi) is 5.33. The molecule has 0 aromatic heterocycles. The highest BCUT2D eigenvalue weighted by atomic mass is 16.2. The summed E-state index contributed by atoms with van der Waals surface area (Å²) in [7, 11) is 0. The van der Waals surface area contributed by atoms with Gasteiger partial charge in [-0.3, -0.25) is 9.59 Å². The summed E-state index contributed by atoms with van der Waals surface area (Å²) in [5.74, 6) is 0.0358. The number of rotatable bonds is 7. The lowest BCUT2D eigenvalue weighted by Crippen LogP contribution is -2.30. The smallest absolute Gasteiger partial charge is 0.221 e. The second kappa shape index (κ2) is 7.22. The minimum atomic E-state index is -0.0792. The molecule has 1 saturated carbocycles. The second-order valence-electron chi connectivity index (χ2n) is 5.57. The molecule has 21 heavy (non-hydrogen) atoms. The maximum absolute atomic E-state index is 11.6. The number of carbonyl (C=O) groups excluding carboxylic acids is 2. The van der Waals surface area contributed by atoms with Gasteiger partial charge in [-0.1, -0.05) is 12.1 Å². The average molecular weight is 289 g/mol. The fourth-order valence-electron chi connectivity index (χ4n) is 2.14. The maximum Gasteiger partial charge on any atom is 0.221 e. The Morgan fingerprint density at radius 1 is 1.33 bits per heavy atom. The molecular formula is C16H23N3O2. The molecule has 0 bridgehead atoms. The molecule has 0 radical (unpaired) electrons. The molecule has 0 aliphatic heterocycles. The van der Waals surface area contributed by atoms with Crippen LogP contribution in [0.2, 0.25) is 0 Å². The molecule has 114 valence electrons. The zero-order chi connectivity index (χ0) is 15.2. The van der Waals surface area contributed by atoms with Gasteiger partial charge < -0.3 is 16.0 Å². The van der Waals surface area contributed by atoms with E-state index >= 15 is 0 Å². The number of hydrogen-bond donors (Lipinski definition) is 3. The molecule has 5 nitrogen and oxygen atoms in total. The molecule has 5 heteroatoms. The molecule has 1 aliphatic carbocycles. The van der Waals surface area contributed by atoms with Crippen LogP contribution < -0.4 is 16.0 Å². The monoisotopic (exact) mass is 289 g/mol. The number of carbonyl (C=O) groups is 2. The topological polar surface area (TPSA) is 70.2 Å². The van der Waals surface area contributed by atoms with E-state index in [2.05, 4.69) is 16.0 Å². The number of hydrogen-bond acceptors (Lipinski definition) is 3. The summed E-state index contributed by atoms with van der Waals surface area (Å²) < 4.78 is 0. The first-order chi connectivity index (χ1) is 10.0. The van der Waals surface area contributed by atoms with Crippen LogP contribution in [0.25, 0.3) is 0 Å². The van der Waals surface area contributed by atoms with Gasteiger partial charge in [-0.15, -0.1) is 0 Å². The molecule has 1 unspecified atom stereocenters. The van der Waals surface area contributed by atoms with E-state index in [4.69, 9.17) is 0 Å². The number of nitrogens with one attached hydrogen (secondary N) is 3. The first kappa shape index (κ1) is 15.5. The van der Waals surface area contributed by atoms with Gasteiger partial charge in [-0.05, 0) is 37.5 Å². The Labute approximate surface area is 125 Å². The summed E-state index contributed by atoms with van der Waals surface area (Å²) in [6.45, 7) is 4.18. The van der Waals surface area contributed by atoms with Crippen LogP contribution in [-0.4, -0.2) is 24.4 Å². The van der Waals surface area contributed by atoms with E-state index in [0.717, 1.165) is 24.1 Å². The Hall–Kier alpha value is -1.88. The van der Waals surface area contributed by atoms with Crippen molar-refractivity contribution in [2.45, 2.75) is 45.2 Å². The van der Waals surface area contributed by atoms with Gasteiger partial charge in [0.1, 0.15) is 0 Å². The Balaban J connectivity index is 1.77. The zero-order valence-corrected chi connectivity index (χ0v) is 12.6. The highest BCUT2D eigenvalue weighted by Crippen LogP contribution is 2.19. The highest BCUT2D eigenvalue weighted by Gasteiger charge is 2.22. The molecule has 0 heterocycles. The fourth-order valence-corrected chi connectivity index (χ4v) is 2.14. The molecule has 1 aliphatic rings. The van der Waals surface area contributed by atoms with Crippen LogP contribution in [0.4, 0.5) is 5.69 Å². The van der Waals surface area contributed by atoms with Gasteiger partial charge in [0.15, 0.2) is 0 Å². The van der Waals surface area contributed by atoms with E-state index in [1.165, 1.54) is 6.92 Å². The Morgan fingerprint density at radius 2 is 2.10 bits per heavy atom. The first-order valence-electron chi connectivity index (χ1n) is 7.45. The van der Waals surface area contributed by atoms with E-state index < -0.39 is 0 Å². The molecule has 1 fully saturated rings. The van der Waals surface area contributed by atoms with Crippen LogP contribution in [0.5, 0.6) is 0 Å². The van der Waals surface area contributed by atoms with Crippen molar-refractivity contribution in [3.63, 3.8) is 0 Å². The fraction of sp³-hybridized carbons (Fsp3) is 0.500. The van der Waals surface area contributed by atoms with Crippen molar-refractivity contribution in [2.24, 2.45) is 0 Å². The lowest BCUT2D eigenvalue weighted by molar-refractivity contribution is -0.121. The summed E-state index contributed by atoms with van der Waals surface area (Å²) in [4.78, 5) is 22.7. The lowest BCUT2D eigenvalue weighted by Gasteiger charge is -2.15. The quantitative estimate of drug-likeness (QED) is 0.718. The van der Waals surface area contributed by atoms with Crippen LogP contribution in [0.1, 0.15) is 44.7 Å². The molecule has 3 N–H and O–H groups in total. The van der Waals surface area contributed by atoms with Gasteiger partial charge in [0.05, 0.1) is 0 Å². The third kappa shape index (κ3) is 5.55. The van der Waals surface area contributed by atoms with Crippen molar-refractivity contribution in [1.82, 2.24) is 10.6 Å². The lowest BCUT2D eigenvalue weighted by atomic mass is 10.1. The van der Waals surface area contributed by atoms with Crippen molar-refractivity contribution in [3.05, 3.63) is 29.8 Å².